The SMILES string of the molecule is COc1ccc(OC)c(C2CCCN2S(=O)(=O)c2cccs2)c1. The number of ether oxygens (including phenoxy) is 2. The highest BCUT2D eigenvalue weighted by atomic mass is 32.2. The Bertz CT molecular complexity index is 771. The monoisotopic (exact) mass is 353 g/mol. The molecule has 0 spiro atoms. The van der Waals surface area contributed by atoms with Gasteiger partial charge in [-0.25, -0.2) is 8.42 Å². The van der Waals surface area contributed by atoms with E-state index in [1.165, 1.54) is 11.3 Å². The van der Waals surface area contributed by atoms with Crippen LogP contribution < -0.4 is 9.47 Å². The second-order valence-corrected chi connectivity index (χ2v) is 8.38. The maximum absolute atomic E-state index is 12.9. The molecule has 1 aromatic heterocycles. The van der Waals surface area contributed by atoms with Crippen molar-refractivity contribution in [3.8, 4) is 11.5 Å². The van der Waals surface area contributed by atoms with Gasteiger partial charge in [-0.15, -0.1) is 11.3 Å². The van der Waals surface area contributed by atoms with Crippen LogP contribution in [0.3, 0.4) is 0 Å². The van der Waals surface area contributed by atoms with E-state index in [0.29, 0.717) is 22.3 Å². The topological polar surface area (TPSA) is 55.8 Å². The lowest BCUT2D eigenvalue weighted by Crippen LogP contribution is -2.30. The lowest BCUT2D eigenvalue weighted by atomic mass is 10.0. The van der Waals surface area contributed by atoms with Gasteiger partial charge in [0.25, 0.3) is 10.0 Å². The zero-order chi connectivity index (χ0) is 16.4. The van der Waals surface area contributed by atoms with Crippen LogP contribution in [0.15, 0.2) is 39.9 Å². The molecule has 1 atom stereocenters. The number of nitrogens with zero attached hydrogens (tertiary/aromatic N) is 1. The van der Waals surface area contributed by atoms with Crippen LogP contribution in [0.5, 0.6) is 11.5 Å². The van der Waals surface area contributed by atoms with Crippen molar-refractivity contribution in [3.05, 3.63) is 41.3 Å². The lowest BCUT2D eigenvalue weighted by molar-refractivity contribution is 0.362. The summed E-state index contributed by atoms with van der Waals surface area (Å²) in [5.41, 5.74) is 0.851. The van der Waals surface area contributed by atoms with Crippen LogP contribution in [0.1, 0.15) is 24.4 Å². The molecule has 1 saturated heterocycles. The van der Waals surface area contributed by atoms with Crippen LogP contribution in [-0.2, 0) is 10.0 Å². The maximum atomic E-state index is 12.9. The highest BCUT2D eigenvalue weighted by Crippen LogP contribution is 2.42. The van der Waals surface area contributed by atoms with Gasteiger partial charge in [-0.3, -0.25) is 0 Å². The first-order valence-electron chi connectivity index (χ1n) is 7.35. The zero-order valence-corrected chi connectivity index (χ0v) is 14.7. The molecule has 0 aliphatic carbocycles. The van der Waals surface area contributed by atoms with E-state index in [4.69, 9.17) is 9.47 Å². The Labute approximate surface area is 140 Å². The molecule has 0 bridgehead atoms. The van der Waals surface area contributed by atoms with E-state index < -0.39 is 10.0 Å². The van der Waals surface area contributed by atoms with Gasteiger partial charge in [0.2, 0.25) is 0 Å². The molecule has 0 radical (unpaired) electrons. The molecule has 2 aromatic rings. The summed E-state index contributed by atoms with van der Waals surface area (Å²) in [4.78, 5) is 0. The largest absolute Gasteiger partial charge is 0.497 e. The molecule has 1 aromatic carbocycles. The van der Waals surface area contributed by atoms with Crippen molar-refractivity contribution in [1.82, 2.24) is 4.31 Å². The van der Waals surface area contributed by atoms with Crippen molar-refractivity contribution in [2.24, 2.45) is 0 Å². The molecule has 2 heterocycles. The Kier molecular flexibility index (Phi) is 4.61. The van der Waals surface area contributed by atoms with E-state index in [2.05, 4.69) is 0 Å². The van der Waals surface area contributed by atoms with Gasteiger partial charge < -0.3 is 9.47 Å². The molecule has 5 nitrogen and oxygen atoms in total. The number of sulfonamides is 1. The van der Waals surface area contributed by atoms with Crippen LogP contribution in [0, 0.1) is 0 Å². The number of methoxy groups -OCH3 is 2. The standard InChI is InChI=1S/C16H19NO4S2/c1-20-12-7-8-15(21-2)13(11-12)14-5-3-9-17(14)23(18,19)16-6-4-10-22-16/h4,6-8,10-11,14H,3,5,9H2,1-2H3. The minimum atomic E-state index is -3.48. The fourth-order valence-corrected chi connectivity index (χ4v) is 5.76. The molecule has 1 fully saturated rings. The summed E-state index contributed by atoms with van der Waals surface area (Å²) >= 11 is 1.25. The maximum Gasteiger partial charge on any atom is 0.253 e. The Morgan fingerprint density at radius 1 is 1.22 bits per heavy atom. The van der Waals surface area contributed by atoms with E-state index in [-0.39, 0.29) is 6.04 Å². The van der Waals surface area contributed by atoms with E-state index in [9.17, 15) is 8.42 Å². The van der Waals surface area contributed by atoms with Gasteiger partial charge in [-0.2, -0.15) is 4.31 Å². The van der Waals surface area contributed by atoms with Crippen molar-refractivity contribution in [2.75, 3.05) is 20.8 Å². The summed E-state index contributed by atoms with van der Waals surface area (Å²) in [5.74, 6) is 1.38. The second kappa shape index (κ2) is 6.51. The van der Waals surface area contributed by atoms with Gasteiger partial charge in [0.05, 0.1) is 20.3 Å². The van der Waals surface area contributed by atoms with Crippen LogP contribution in [0.25, 0.3) is 0 Å². The van der Waals surface area contributed by atoms with Crippen LogP contribution in [-0.4, -0.2) is 33.5 Å². The van der Waals surface area contributed by atoms with E-state index >= 15 is 0 Å². The minimum absolute atomic E-state index is 0.229. The average Bonchev–Trinajstić information content (AvgIpc) is 3.25. The van der Waals surface area contributed by atoms with Gasteiger partial charge in [-0.1, -0.05) is 6.07 Å². The number of hydrogen-bond donors (Lipinski definition) is 0. The molecule has 1 unspecified atom stereocenters. The summed E-state index contributed by atoms with van der Waals surface area (Å²) in [6, 6.07) is 8.68. The zero-order valence-electron chi connectivity index (χ0n) is 13.1. The second-order valence-electron chi connectivity index (χ2n) is 5.31. The van der Waals surface area contributed by atoms with Gasteiger partial charge in [-0.05, 0) is 42.5 Å². The molecular formula is C16H19NO4S2. The van der Waals surface area contributed by atoms with E-state index in [1.807, 2.05) is 18.2 Å². The van der Waals surface area contributed by atoms with Crippen LogP contribution in [0.2, 0.25) is 0 Å². The third kappa shape index (κ3) is 2.96. The van der Waals surface area contributed by atoms with Crippen LogP contribution >= 0.6 is 11.3 Å². The smallest absolute Gasteiger partial charge is 0.253 e. The summed E-state index contributed by atoms with van der Waals surface area (Å²) in [6.07, 6.45) is 1.60. The average molecular weight is 353 g/mol. The predicted molar refractivity (Wildman–Crippen MR) is 89.7 cm³/mol. The molecule has 1 aliphatic rings. The molecule has 124 valence electrons. The van der Waals surface area contributed by atoms with Crippen LogP contribution in [0.4, 0.5) is 0 Å². The highest BCUT2D eigenvalue weighted by Gasteiger charge is 2.38. The Morgan fingerprint density at radius 2 is 2.04 bits per heavy atom. The first kappa shape index (κ1) is 16.3. The predicted octanol–water partition coefficient (Wildman–Crippen LogP) is 3.29. The number of thiophene rings is 1. The molecule has 0 amide bonds. The third-order valence-corrected chi connectivity index (χ3v) is 7.34. The van der Waals surface area contributed by atoms with Crippen molar-refractivity contribution >= 4 is 21.4 Å². The molecule has 0 saturated carbocycles. The molecule has 7 heteroatoms. The Morgan fingerprint density at radius 3 is 2.70 bits per heavy atom. The number of hydrogen-bond acceptors (Lipinski definition) is 5. The molecule has 1 aliphatic heterocycles. The van der Waals surface area contributed by atoms with Crippen molar-refractivity contribution in [1.29, 1.82) is 0 Å². The normalized spacial score (nSPS) is 19.0. The summed E-state index contributed by atoms with van der Waals surface area (Å²) in [7, 11) is -0.289. The van der Waals surface area contributed by atoms with Crippen molar-refractivity contribution < 1.29 is 17.9 Å². The molecule has 0 N–H and O–H groups in total. The van der Waals surface area contributed by atoms with Crippen molar-refractivity contribution in [3.63, 3.8) is 0 Å². The third-order valence-electron chi connectivity index (χ3n) is 4.06. The van der Waals surface area contributed by atoms with Gasteiger partial charge in [0, 0.05) is 12.1 Å². The fourth-order valence-electron chi connectivity index (χ4n) is 2.96. The molecule has 23 heavy (non-hydrogen) atoms. The fraction of sp³-hybridized carbons (Fsp3) is 0.375. The quantitative estimate of drug-likeness (QED) is 0.828. The van der Waals surface area contributed by atoms with E-state index in [1.54, 1.807) is 36.0 Å². The Hall–Kier alpha value is -1.57. The van der Waals surface area contributed by atoms with Gasteiger partial charge in [0.15, 0.2) is 0 Å². The Balaban J connectivity index is 2.03. The molecular weight excluding hydrogens is 334 g/mol. The van der Waals surface area contributed by atoms with Gasteiger partial charge in [0.1, 0.15) is 15.7 Å². The summed E-state index contributed by atoms with van der Waals surface area (Å²) in [5, 5.41) is 1.78. The number of benzene rings is 1. The first-order valence-corrected chi connectivity index (χ1v) is 9.67. The van der Waals surface area contributed by atoms with E-state index in [0.717, 1.165) is 18.4 Å². The molecule has 3 rings (SSSR count). The summed E-state index contributed by atoms with van der Waals surface area (Å²) in [6.45, 7) is 0.519. The van der Waals surface area contributed by atoms with Gasteiger partial charge >= 0.3 is 0 Å². The highest BCUT2D eigenvalue weighted by molar-refractivity contribution is 7.91. The van der Waals surface area contributed by atoms with Crippen molar-refractivity contribution in [2.45, 2.75) is 23.1 Å². The summed E-state index contributed by atoms with van der Waals surface area (Å²) < 4.78 is 38.5. The first-order chi connectivity index (χ1) is 11.1. The lowest BCUT2D eigenvalue weighted by Gasteiger charge is -2.25. The minimum Gasteiger partial charge on any atom is -0.497 e. The number of rotatable bonds is 5.